The number of fused-ring (bicyclic) bond motifs is 1. The van der Waals surface area contributed by atoms with Gasteiger partial charge >= 0.3 is 0 Å². The van der Waals surface area contributed by atoms with Crippen LogP contribution >= 0.6 is 0 Å². The molecule has 18 heavy (non-hydrogen) atoms. The van der Waals surface area contributed by atoms with Crippen LogP contribution in [0.4, 0.5) is 0 Å². The van der Waals surface area contributed by atoms with Gasteiger partial charge in [-0.2, -0.15) is 0 Å². The highest BCUT2D eigenvalue weighted by atomic mass is 16.3. The van der Waals surface area contributed by atoms with Gasteiger partial charge in [-0.25, -0.2) is 0 Å². The highest BCUT2D eigenvalue weighted by Crippen LogP contribution is 2.32. The van der Waals surface area contributed by atoms with Crippen molar-refractivity contribution in [2.75, 3.05) is 6.54 Å². The number of benzene rings is 1. The highest BCUT2D eigenvalue weighted by Gasteiger charge is 2.35. The van der Waals surface area contributed by atoms with E-state index in [1.54, 1.807) is 0 Å². The van der Waals surface area contributed by atoms with E-state index in [0.717, 1.165) is 23.8 Å². The van der Waals surface area contributed by atoms with Gasteiger partial charge in [0, 0.05) is 17.3 Å². The number of hydrogen-bond donors (Lipinski definition) is 1. The van der Waals surface area contributed by atoms with Gasteiger partial charge in [0.05, 0.1) is 0 Å². The summed E-state index contributed by atoms with van der Waals surface area (Å²) in [6.45, 7) is 4.35. The lowest BCUT2D eigenvalue weighted by atomic mass is 9.77. The molecule has 0 amide bonds. The van der Waals surface area contributed by atoms with Crippen LogP contribution in [0.1, 0.15) is 37.2 Å². The lowest BCUT2D eigenvalue weighted by Gasteiger charge is -2.26. The van der Waals surface area contributed by atoms with E-state index in [-0.39, 0.29) is 5.78 Å². The molecular weight excluding hydrogens is 226 g/mol. The summed E-state index contributed by atoms with van der Waals surface area (Å²) in [6, 6.07) is 9.46. The zero-order valence-corrected chi connectivity index (χ0v) is 10.9. The predicted molar refractivity (Wildman–Crippen MR) is 72.6 cm³/mol. The molecule has 0 spiro atoms. The van der Waals surface area contributed by atoms with E-state index in [0.29, 0.717) is 12.3 Å². The van der Waals surface area contributed by atoms with Gasteiger partial charge in [-0.3, -0.25) is 4.79 Å². The van der Waals surface area contributed by atoms with Crippen LogP contribution in [-0.2, 0) is 0 Å². The van der Waals surface area contributed by atoms with Crippen molar-refractivity contribution in [1.82, 2.24) is 0 Å². The number of carbonyl (C=O) groups is 1. The SMILES string of the molecule is CCC(CC)(CN)C(=O)c1cc2ccccc2o1. The van der Waals surface area contributed by atoms with Crippen LogP contribution in [0.15, 0.2) is 34.7 Å². The standard InChI is InChI=1S/C15H19NO2/c1-3-15(4-2,10-16)14(17)13-9-11-7-5-6-8-12(11)18-13/h5-9H,3-4,10,16H2,1-2H3. The van der Waals surface area contributed by atoms with Crippen LogP contribution in [0.5, 0.6) is 0 Å². The van der Waals surface area contributed by atoms with Gasteiger partial charge in [0.1, 0.15) is 5.58 Å². The van der Waals surface area contributed by atoms with Gasteiger partial charge in [0.15, 0.2) is 5.76 Å². The number of furan rings is 1. The Morgan fingerprint density at radius 3 is 2.50 bits per heavy atom. The topological polar surface area (TPSA) is 56.2 Å². The van der Waals surface area contributed by atoms with Crippen molar-refractivity contribution in [3.63, 3.8) is 0 Å². The third kappa shape index (κ3) is 1.95. The fraction of sp³-hybridized carbons (Fsp3) is 0.400. The summed E-state index contributed by atoms with van der Waals surface area (Å²) >= 11 is 0. The minimum Gasteiger partial charge on any atom is -0.453 e. The summed E-state index contributed by atoms with van der Waals surface area (Å²) in [5, 5.41) is 0.957. The van der Waals surface area contributed by atoms with Crippen molar-refractivity contribution in [2.24, 2.45) is 11.1 Å². The Kier molecular flexibility index (Phi) is 3.53. The third-order valence-electron chi connectivity index (χ3n) is 3.88. The number of hydrogen-bond acceptors (Lipinski definition) is 3. The molecule has 1 aromatic carbocycles. The molecule has 2 N–H and O–H groups in total. The van der Waals surface area contributed by atoms with Gasteiger partial charge in [-0.15, -0.1) is 0 Å². The first-order valence-electron chi connectivity index (χ1n) is 6.40. The Balaban J connectivity index is 2.44. The summed E-state index contributed by atoms with van der Waals surface area (Å²) in [4.78, 5) is 12.6. The molecule has 0 saturated heterocycles. The van der Waals surface area contributed by atoms with Crippen molar-refractivity contribution in [3.05, 3.63) is 36.1 Å². The van der Waals surface area contributed by atoms with Crippen molar-refractivity contribution < 1.29 is 9.21 Å². The maximum absolute atomic E-state index is 12.6. The monoisotopic (exact) mass is 245 g/mol. The number of para-hydroxylation sites is 1. The van der Waals surface area contributed by atoms with Crippen molar-refractivity contribution in [1.29, 1.82) is 0 Å². The van der Waals surface area contributed by atoms with Crippen LogP contribution in [0.2, 0.25) is 0 Å². The van der Waals surface area contributed by atoms with E-state index < -0.39 is 5.41 Å². The summed E-state index contributed by atoms with van der Waals surface area (Å²) < 4.78 is 5.64. The van der Waals surface area contributed by atoms with E-state index in [4.69, 9.17) is 10.2 Å². The Morgan fingerprint density at radius 2 is 1.94 bits per heavy atom. The van der Waals surface area contributed by atoms with E-state index in [9.17, 15) is 4.79 Å². The molecule has 0 unspecified atom stereocenters. The fourth-order valence-corrected chi connectivity index (χ4v) is 2.31. The lowest BCUT2D eigenvalue weighted by molar-refractivity contribution is 0.0759. The zero-order valence-electron chi connectivity index (χ0n) is 10.9. The second-order valence-corrected chi connectivity index (χ2v) is 4.67. The maximum Gasteiger partial charge on any atom is 0.205 e. The molecule has 2 aromatic rings. The molecule has 0 bridgehead atoms. The Labute approximate surface area is 107 Å². The largest absolute Gasteiger partial charge is 0.453 e. The number of rotatable bonds is 5. The smallest absolute Gasteiger partial charge is 0.205 e. The molecule has 96 valence electrons. The van der Waals surface area contributed by atoms with E-state index in [1.807, 2.05) is 44.2 Å². The average Bonchev–Trinajstić information content (AvgIpc) is 2.85. The van der Waals surface area contributed by atoms with E-state index in [2.05, 4.69) is 0 Å². The Hall–Kier alpha value is -1.61. The molecule has 0 saturated carbocycles. The third-order valence-corrected chi connectivity index (χ3v) is 3.88. The Bertz CT molecular complexity index is 511. The van der Waals surface area contributed by atoms with Crippen LogP contribution in [0, 0.1) is 5.41 Å². The number of carbonyl (C=O) groups excluding carboxylic acids is 1. The first-order chi connectivity index (χ1) is 8.66. The second-order valence-electron chi connectivity index (χ2n) is 4.67. The van der Waals surface area contributed by atoms with E-state index in [1.165, 1.54) is 0 Å². The normalized spacial score (nSPS) is 11.9. The van der Waals surface area contributed by atoms with Gasteiger partial charge in [0.2, 0.25) is 5.78 Å². The maximum atomic E-state index is 12.6. The molecule has 1 aromatic heterocycles. The quantitative estimate of drug-likeness (QED) is 0.821. The summed E-state index contributed by atoms with van der Waals surface area (Å²) in [6.07, 6.45) is 1.46. The Morgan fingerprint density at radius 1 is 1.28 bits per heavy atom. The zero-order chi connectivity index (χ0) is 13.2. The van der Waals surface area contributed by atoms with E-state index >= 15 is 0 Å². The number of ketones is 1. The second kappa shape index (κ2) is 4.94. The fourth-order valence-electron chi connectivity index (χ4n) is 2.31. The molecule has 0 atom stereocenters. The van der Waals surface area contributed by atoms with Gasteiger partial charge in [0.25, 0.3) is 0 Å². The predicted octanol–water partition coefficient (Wildman–Crippen LogP) is 3.38. The summed E-state index contributed by atoms with van der Waals surface area (Å²) in [5.74, 6) is 0.441. The highest BCUT2D eigenvalue weighted by molar-refractivity contribution is 6.01. The number of Topliss-reactive ketones (excluding diaryl/α,β-unsaturated/α-hetero) is 1. The minimum absolute atomic E-state index is 0.0196. The van der Waals surface area contributed by atoms with Gasteiger partial charge < -0.3 is 10.2 Å². The molecule has 0 aliphatic carbocycles. The molecule has 0 radical (unpaired) electrons. The van der Waals surface area contributed by atoms with Gasteiger partial charge in [-0.1, -0.05) is 32.0 Å². The summed E-state index contributed by atoms with van der Waals surface area (Å²) in [7, 11) is 0. The first-order valence-corrected chi connectivity index (χ1v) is 6.40. The minimum atomic E-state index is -0.492. The molecule has 0 aliphatic rings. The van der Waals surface area contributed by atoms with Crippen molar-refractivity contribution in [3.8, 4) is 0 Å². The van der Waals surface area contributed by atoms with Crippen molar-refractivity contribution >= 4 is 16.8 Å². The molecule has 2 rings (SSSR count). The average molecular weight is 245 g/mol. The van der Waals surface area contributed by atoms with Crippen LogP contribution in [0.25, 0.3) is 11.0 Å². The molecule has 0 fully saturated rings. The molecule has 1 heterocycles. The summed E-state index contributed by atoms with van der Waals surface area (Å²) in [5.41, 5.74) is 6.06. The molecular formula is C15H19NO2. The van der Waals surface area contributed by atoms with Crippen LogP contribution < -0.4 is 5.73 Å². The first kappa shape index (κ1) is 12.8. The molecule has 3 heteroatoms. The van der Waals surface area contributed by atoms with Crippen molar-refractivity contribution in [2.45, 2.75) is 26.7 Å². The molecule has 3 nitrogen and oxygen atoms in total. The number of nitrogens with two attached hydrogens (primary N) is 1. The van der Waals surface area contributed by atoms with Crippen LogP contribution in [-0.4, -0.2) is 12.3 Å². The molecule has 0 aliphatic heterocycles. The lowest BCUT2D eigenvalue weighted by Crippen LogP contribution is -2.37. The van der Waals surface area contributed by atoms with Gasteiger partial charge in [-0.05, 0) is 25.0 Å². The van der Waals surface area contributed by atoms with Crippen LogP contribution in [0.3, 0.4) is 0 Å².